The summed E-state index contributed by atoms with van der Waals surface area (Å²) in [5.74, 6) is 0.0591. The van der Waals surface area contributed by atoms with Crippen LogP contribution in [-0.2, 0) is 10.2 Å². The molecule has 1 aromatic rings. The van der Waals surface area contributed by atoms with Crippen molar-refractivity contribution < 1.29 is 13.3 Å². The Kier molecular flexibility index (Phi) is 5.15. The van der Waals surface area contributed by atoms with Gasteiger partial charge in [-0.1, -0.05) is 0 Å². The van der Waals surface area contributed by atoms with Gasteiger partial charge in [0.25, 0.3) is 15.9 Å². The maximum Gasteiger partial charge on any atom is 0.274 e. The van der Waals surface area contributed by atoms with Crippen LogP contribution in [0.1, 0.15) is 18.4 Å². The summed E-state index contributed by atoms with van der Waals surface area (Å²) in [6, 6.07) is 6.16. The number of hydrogen-bond donors (Lipinski definition) is 2. The van der Waals surface area contributed by atoms with E-state index in [2.05, 4.69) is 4.72 Å². The number of nitro benzene ring substituents is 1. The van der Waals surface area contributed by atoms with Crippen molar-refractivity contribution in [3.05, 3.63) is 33.9 Å². The second-order valence-corrected chi connectivity index (χ2v) is 6.80. The van der Waals surface area contributed by atoms with Crippen LogP contribution in [0.3, 0.4) is 0 Å². The van der Waals surface area contributed by atoms with Gasteiger partial charge in [-0.05, 0) is 24.8 Å². The quantitative estimate of drug-likeness (QED) is 0.590. The molecular formula is C13H17N5O4S. The standard InChI is InChI=1S/C13H17N5O4S/c14-7-11-6-12(18(19)20)3-4-13(11)17-5-1-2-10(9-17)8-16-23(15,21)22/h3-4,6,10,16H,1-2,5,8-9H2,(H2,15,21,22). The zero-order chi connectivity index (χ0) is 17.0. The Labute approximate surface area is 134 Å². The highest BCUT2D eigenvalue weighted by molar-refractivity contribution is 7.87. The van der Waals surface area contributed by atoms with Crippen molar-refractivity contribution in [2.45, 2.75) is 12.8 Å². The van der Waals surface area contributed by atoms with E-state index in [-0.39, 0.29) is 23.7 Å². The van der Waals surface area contributed by atoms with Gasteiger partial charge in [0.05, 0.1) is 16.2 Å². The predicted molar refractivity (Wildman–Crippen MR) is 83.9 cm³/mol. The van der Waals surface area contributed by atoms with E-state index in [4.69, 9.17) is 5.14 Å². The molecule has 0 saturated carbocycles. The van der Waals surface area contributed by atoms with Gasteiger partial charge in [0, 0.05) is 31.8 Å². The van der Waals surface area contributed by atoms with Crippen molar-refractivity contribution in [2.24, 2.45) is 11.1 Å². The van der Waals surface area contributed by atoms with Gasteiger partial charge in [0.2, 0.25) is 0 Å². The van der Waals surface area contributed by atoms with Crippen molar-refractivity contribution in [3.63, 3.8) is 0 Å². The Balaban J connectivity index is 2.15. The third-order valence-corrected chi connectivity index (χ3v) is 4.31. The Morgan fingerprint density at radius 1 is 1.52 bits per heavy atom. The van der Waals surface area contributed by atoms with E-state index in [1.165, 1.54) is 12.1 Å². The van der Waals surface area contributed by atoms with E-state index >= 15 is 0 Å². The first-order valence-electron chi connectivity index (χ1n) is 7.01. The molecule has 0 amide bonds. The molecule has 10 heteroatoms. The molecule has 1 heterocycles. The molecule has 124 valence electrons. The zero-order valence-electron chi connectivity index (χ0n) is 12.3. The van der Waals surface area contributed by atoms with Crippen LogP contribution in [0.5, 0.6) is 0 Å². The smallest absolute Gasteiger partial charge is 0.274 e. The van der Waals surface area contributed by atoms with Crippen LogP contribution in [0, 0.1) is 27.4 Å². The first kappa shape index (κ1) is 17.1. The predicted octanol–water partition coefficient (Wildman–Crippen LogP) is 0.476. The monoisotopic (exact) mass is 339 g/mol. The maximum absolute atomic E-state index is 11.0. The number of nitrogens with one attached hydrogen (secondary N) is 1. The van der Waals surface area contributed by atoms with E-state index in [0.717, 1.165) is 12.8 Å². The van der Waals surface area contributed by atoms with Crippen LogP contribution >= 0.6 is 0 Å². The molecular weight excluding hydrogens is 322 g/mol. The first-order chi connectivity index (χ1) is 10.8. The zero-order valence-corrected chi connectivity index (χ0v) is 13.1. The summed E-state index contributed by atoms with van der Waals surface area (Å²) in [6.07, 6.45) is 1.67. The van der Waals surface area contributed by atoms with Gasteiger partial charge in [0.1, 0.15) is 6.07 Å². The van der Waals surface area contributed by atoms with Crippen LogP contribution in [-0.4, -0.2) is 33.0 Å². The fraction of sp³-hybridized carbons (Fsp3) is 0.462. The summed E-state index contributed by atoms with van der Waals surface area (Å²) in [5, 5.41) is 24.9. The number of nitro groups is 1. The molecule has 1 aliphatic heterocycles. The van der Waals surface area contributed by atoms with Gasteiger partial charge in [-0.25, -0.2) is 9.86 Å². The summed E-state index contributed by atoms with van der Waals surface area (Å²) < 4.78 is 24.2. The molecule has 1 fully saturated rings. The topological polar surface area (TPSA) is 142 Å². The number of hydrogen-bond acceptors (Lipinski definition) is 6. The van der Waals surface area contributed by atoms with Gasteiger partial charge in [-0.2, -0.15) is 13.7 Å². The molecule has 0 aromatic heterocycles. The van der Waals surface area contributed by atoms with E-state index in [1.54, 1.807) is 6.07 Å². The Morgan fingerprint density at radius 2 is 2.26 bits per heavy atom. The lowest BCUT2D eigenvalue weighted by molar-refractivity contribution is -0.384. The molecule has 1 saturated heterocycles. The van der Waals surface area contributed by atoms with Gasteiger partial charge in [-0.15, -0.1) is 0 Å². The van der Waals surface area contributed by atoms with Crippen molar-refractivity contribution in [2.75, 3.05) is 24.5 Å². The van der Waals surface area contributed by atoms with Crippen molar-refractivity contribution in [1.82, 2.24) is 4.72 Å². The second-order valence-electron chi connectivity index (χ2n) is 5.42. The first-order valence-corrected chi connectivity index (χ1v) is 8.55. The lowest BCUT2D eigenvalue weighted by Gasteiger charge is -2.34. The largest absolute Gasteiger partial charge is 0.370 e. The molecule has 3 N–H and O–H groups in total. The normalized spacial score (nSPS) is 18.4. The lowest BCUT2D eigenvalue weighted by atomic mass is 9.97. The lowest BCUT2D eigenvalue weighted by Crippen LogP contribution is -2.42. The van der Waals surface area contributed by atoms with Crippen molar-refractivity contribution in [1.29, 1.82) is 5.26 Å². The number of non-ortho nitro benzene ring substituents is 1. The SMILES string of the molecule is N#Cc1cc([N+](=O)[O-])ccc1N1CCCC(CNS(N)(=O)=O)C1. The molecule has 2 rings (SSSR count). The Hall–Kier alpha value is -2.22. The third-order valence-electron chi connectivity index (χ3n) is 3.74. The molecule has 0 spiro atoms. The summed E-state index contributed by atoms with van der Waals surface area (Å²) in [7, 11) is -3.73. The highest BCUT2D eigenvalue weighted by atomic mass is 32.2. The van der Waals surface area contributed by atoms with E-state index in [9.17, 15) is 23.8 Å². The number of nitrogens with zero attached hydrogens (tertiary/aromatic N) is 3. The highest BCUT2D eigenvalue weighted by Crippen LogP contribution is 2.28. The average Bonchev–Trinajstić information content (AvgIpc) is 2.52. The Morgan fingerprint density at radius 3 is 2.87 bits per heavy atom. The molecule has 1 atom stereocenters. The number of anilines is 1. The van der Waals surface area contributed by atoms with E-state index < -0.39 is 15.1 Å². The van der Waals surface area contributed by atoms with Crippen LogP contribution in [0.2, 0.25) is 0 Å². The minimum Gasteiger partial charge on any atom is -0.370 e. The van der Waals surface area contributed by atoms with Crippen LogP contribution in [0.4, 0.5) is 11.4 Å². The highest BCUT2D eigenvalue weighted by Gasteiger charge is 2.23. The summed E-state index contributed by atoms with van der Waals surface area (Å²) in [4.78, 5) is 12.2. The average molecular weight is 339 g/mol. The van der Waals surface area contributed by atoms with Crippen molar-refractivity contribution in [3.8, 4) is 6.07 Å². The van der Waals surface area contributed by atoms with E-state index in [1.807, 2.05) is 11.0 Å². The van der Waals surface area contributed by atoms with Crippen LogP contribution < -0.4 is 14.8 Å². The van der Waals surface area contributed by atoms with Gasteiger partial charge in [0.15, 0.2) is 0 Å². The molecule has 0 aliphatic carbocycles. The van der Waals surface area contributed by atoms with Gasteiger partial charge >= 0.3 is 0 Å². The van der Waals surface area contributed by atoms with Gasteiger partial charge < -0.3 is 4.90 Å². The second kappa shape index (κ2) is 6.91. The van der Waals surface area contributed by atoms with Crippen molar-refractivity contribution >= 4 is 21.6 Å². The number of benzene rings is 1. The van der Waals surface area contributed by atoms with Crippen LogP contribution in [0.25, 0.3) is 0 Å². The number of piperidine rings is 1. The van der Waals surface area contributed by atoms with Crippen LogP contribution in [0.15, 0.2) is 18.2 Å². The fourth-order valence-corrected chi connectivity index (χ4v) is 3.16. The number of rotatable bonds is 5. The Bertz CT molecular complexity index is 743. The molecule has 9 nitrogen and oxygen atoms in total. The third kappa shape index (κ3) is 4.62. The number of nitriles is 1. The van der Waals surface area contributed by atoms with Gasteiger partial charge in [-0.3, -0.25) is 10.1 Å². The minimum atomic E-state index is -3.73. The molecule has 1 unspecified atom stereocenters. The summed E-state index contributed by atoms with van der Waals surface area (Å²) >= 11 is 0. The molecule has 0 radical (unpaired) electrons. The summed E-state index contributed by atoms with van der Waals surface area (Å²) in [5.41, 5.74) is 0.729. The maximum atomic E-state index is 11.0. The summed E-state index contributed by atoms with van der Waals surface area (Å²) in [6.45, 7) is 1.48. The number of nitrogens with two attached hydrogens (primary N) is 1. The fourth-order valence-electron chi connectivity index (χ4n) is 2.69. The molecule has 1 aliphatic rings. The van der Waals surface area contributed by atoms with E-state index in [0.29, 0.717) is 18.8 Å². The molecule has 0 bridgehead atoms. The molecule has 1 aromatic carbocycles. The minimum absolute atomic E-state index is 0.0591. The molecule has 23 heavy (non-hydrogen) atoms.